The van der Waals surface area contributed by atoms with Crippen LogP contribution in [0.4, 0.5) is 10.5 Å². The minimum Gasteiger partial charge on any atom is -0.465 e. The normalized spacial score (nSPS) is 18.2. The summed E-state index contributed by atoms with van der Waals surface area (Å²) in [6.45, 7) is 1.85. The zero-order valence-electron chi connectivity index (χ0n) is 12.9. The largest absolute Gasteiger partial charge is 0.465 e. The van der Waals surface area contributed by atoms with Gasteiger partial charge in [0.15, 0.2) is 0 Å². The monoisotopic (exact) mass is 317 g/mol. The van der Waals surface area contributed by atoms with Crippen LogP contribution in [0.15, 0.2) is 18.2 Å². The molecule has 0 aliphatic carbocycles. The Morgan fingerprint density at radius 2 is 2.09 bits per heavy atom. The number of fused-ring (bicyclic) bond motifs is 1. The van der Waals surface area contributed by atoms with Gasteiger partial charge in [0.1, 0.15) is 0 Å². The average Bonchev–Trinajstić information content (AvgIpc) is 2.60. The number of nitrogens with zero attached hydrogens (tertiary/aromatic N) is 2. The van der Waals surface area contributed by atoms with Crippen LogP contribution < -0.4 is 5.32 Å². The number of likely N-dealkylation sites (tertiary alicyclic amines) is 1. The van der Waals surface area contributed by atoms with Crippen LogP contribution in [0.5, 0.6) is 0 Å². The minimum atomic E-state index is -0.425. The summed E-state index contributed by atoms with van der Waals surface area (Å²) < 4.78 is 4.70. The maximum absolute atomic E-state index is 12.4. The van der Waals surface area contributed by atoms with Crippen molar-refractivity contribution in [2.24, 2.45) is 0 Å². The summed E-state index contributed by atoms with van der Waals surface area (Å²) in [4.78, 5) is 38.3. The van der Waals surface area contributed by atoms with E-state index in [-0.39, 0.29) is 12.1 Å². The van der Waals surface area contributed by atoms with E-state index in [1.54, 1.807) is 17.0 Å². The van der Waals surface area contributed by atoms with Crippen LogP contribution in [0, 0.1) is 0 Å². The third kappa shape index (κ3) is 2.99. The van der Waals surface area contributed by atoms with Gasteiger partial charge in [-0.2, -0.15) is 0 Å². The quantitative estimate of drug-likeness (QED) is 0.676. The lowest BCUT2D eigenvalue weighted by Gasteiger charge is -2.39. The third-order valence-electron chi connectivity index (χ3n) is 4.46. The van der Waals surface area contributed by atoms with Crippen molar-refractivity contribution in [3.05, 3.63) is 29.3 Å². The maximum Gasteiger partial charge on any atom is 0.337 e. The zero-order valence-corrected chi connectivity index (χ0v) is 12.9. The highest BCUT2D eigenvalue weighted by molar-refractivity contribution is 5.96. The third-order valence-corrected chi connectivity index (χ3v) is 4.46. The fourth-order valence-electron chi connectivity index (χ4n) is 3.12. The van der Waals surface area contributed by atoms with Crippen molar-refractivity contribution in [2.75, 3.05) is 25.5 Å². The van der Waals surface area contributed by atoms with E-state index in [1.165, 1.54) is 7.11 Å². The maximum atomic E-state index is 12.4. The molecule has 1 aromatic carbocycles. The Morgan fingerprint density at radius 3 is 2.74 bits per heavy atom. The number of carbonyl (C=O) groups excluding carboxylic acids is 3. The number of carbonyl (C=O) groups is 3. The number of rotatable bonds is 3. The van der Waals surface area contributed by atoms with Crippen molar-refractivity contribution in [3.8, 4) is 0 Å². The summed E-state index contributed by atoms with van der Waals surface area (Å²) >= 11 is 0. The number of ether oxygens (including phenoxy) is 1. The van der Waals surface area contributed by atoms with Crippen LogP contribution in [0.25, 0.3) is 0 Å². The first-order chi connectivity index (χ1) is 11.1. The Bertz CT molecular complexity index is 638. The molecule has 2 heterocycles. The second-order valence-corrected chi connectivity index (χ2v) is 5.79. The number of methoxy groups -OCH3 is 1. The highest BCUT2D eigenvalue weighted by Crippen LogP contribution is 2.28. The topological polar surface area (TPSA) is 79.0 Å². The number of hydrogen-bond donors (Lipinski definition) is 1. The SMILES string of the molecule is COC(=O)c1ccc2c(c1)NC(=O)N(C1CCN(C=O)CC1)C2. The number of piperidine rings is 1. The van der Waals surface area contributed by atoms with E-state index in [1.807, 2.05) is 11.0 Å². The van der Waals surface area contributed by atoms with E-state index >= 15 is 0 Å². The number of hydrogen-bond acceptors (Lipinski definition) is 4. The van der Waals surface area contributed by atoms with Crippen LogP contribution in [-0.2, 0) is 16.1 Å². The number of benzene rings is 1. The van der Waals surface area contributed by atoms with Crippen molar-refractivity contribution >= 4 is 24.1 Å². The Hall–Kier alpha value is -2.57. The van der Waals surface area contributed by atoms with Crippen LogP contribution >= 0.6 is 0 Å². The molecule has 3 rings (SSSR count). The molecule has 1 N–H and O–H groups in total. The average molecular weight is 317 g/mol. The molecule has 0 radical (unpaired) electrons. The predicted molar refractivity (Wildman–Crippen MR) is 83.0 cm³/mol. The van der Waals surface area contributed by atoms with E-state index in [2.05, 4.69) is 5.32 Å². The minimum absolute atomic E-state index is 0.125. The lowest BCUT2D eigenvalue weighted by Crippen LogP contribution is -2.49. The highest BCUT2D eigenvalue weighted by Gasteiger charge is 2.31. The molecule has 0 saturated carbocycles. The summed E-state index contributed by atoms with van der Waals surface area (Å²) in [6.07, 6.45) is 2.42. The van der Waals surface area contributed by atoms with Gasteiger partial charge in [-0.1, -0.05) is 6.07 Å². The number of urea groups is 1. The number of amides is 3. The number of anilines is 1. The van der Waals surface area contributed by atoms with Gasteiger partial charge in [-0.3, -0.25) is 4.79 Å². The van der Waals surface area contributed by atoms with Gasteiger partial charge in [0.05, 0.1) is 12.7 Å². The summed E-state index contributed by atoms with van der Waals surface area (Å²) in [6, 6.07) is 5.15. The van der Waals surface area contributed by atoms with Crippen LogP contribution in [0.3, 0.4) is 0 Å². The molecule has 122 valence electrons. The van der Waals surface area contributed by atoms with Crippen LogP contribution in [0.2, 0.25) is 0 Å². The Labute approximate surface area is 134 Å². The summed E-state index contributed by atoms with van der Waals surface area (Å²) in [5.41, 5.74) is 2.04. The molecule has 2 aliphatic rings. The fraction of sp³-hybridized carbons (Fsp3) is 0.438. The molecule has 1 saturated heterocycles. The standard InChI is InChI=1S/C16H19N3O4/c1-23-15(21)11-2-3-12-9-19(16(22)17-14(12)8-11)13-4-6-18(10-20)7-5-13/h2-3,8,10,13H,4-7,9H2,1H3,(H,17,22). The molecule has 0 unspecified atom stereocenters. The smallest absolute Gasteiger partial charge is 0.337 e. The van der Waals surface area contributed by atoms with Gasteiger partial charge < -0.3 is 19.9 Å². The molecule has 0 spiro atoms. The second kappa shape index (κ2) is 6.28. The molecular weight excluding hydrogens is 298 g/mol. The van der Waals surface area contributed by atoms with Crippen molar-refractivity contribution in [3.63, 3.8) is 0 Å². The van der Waals surface area contributed by atoms with Gasteiger partial charge in [0.2, 0.25) is 6.41 Å². The number of nitrogens with one attached hydrogen (secondary N) is 1. The number of esters is 1. The molecule has 7 heteroatoms. The Kier molecular flexibility index (Phi) is 4.18. The van der Waals surface area contributed by atoms with Crippen molar-refractivity contribution < 1.29 is 19.1 Å². The van der Waals surface area contributed by atoms with Gasteiger partial charge in [-0.15, -0.1) is 0 Å². The van der Waals surface area contributed by atoms with Crippen LogP contribution in [0.1, 0.15) is 28.8 Å². The molecule has 7 nitrogen and oxygen atoms in total. The molecule has 1 aromatic rings. The van der Waals surface area contributed by atoms with Gasteiger partial charge >= 0.3 is 12.0 Å². The summed E-state index contributed by atoms with van der Waals surface area (Å²) in [5, 5.41) is 2.85. The molecule has 23 heavy (non-hydrogen) atoms. The van der Waals surface area contributed by atoms with Gasteiger partial charge in [0.25, 0.3) is 0 Å². The van der Waals surface area contributed by atoms with Gasteiger partial charge in [-0.05, 0) is 30.5 Å². The Balaban J connectivity index is 1.75. The molecule has 0 aromatic heterocycles. The molecule has 2 aliphatic heterocycles. The van der Waals surface area contributed by atoms with Crippen LogP contribution in [-0.4, -0.2) is 54.5 Å². The molecule has 1 fully saturated rings. The fourth-order valence-corrected chi connectivity index (χ4v) is 3.12. The van der Waals surface area contributed by atoms with E-state index in [0.717, 1.165) is 24.8 Å². The van der Waals surface area contributed by atoms with Crippen molar-refractivity contribution in [1.29, 1.82) is 0 Å². The first-order valence-electron chi connectivity index (χ1n) is 7.60. The summed E-state index contributed by atoms with van der Waals surface area (Å²) in [7, 11) is 1.33. The molecule has 3 amide bonds. The van der Waals surface area contributed by atoms with E-state index < -0.39 is 5.97 Å². The highest BCUT2D eigenvalue weighted by atomic mass is 16.5. The lowest BCUT2D eigenvalue weighted by atomic mass is 10.0. The Morgan fingerprint density at radius 1 is 1.35 bits per heavy atom. The summed E-state index contributed by atoms with van der Waals surface area (Å²) in [5.74, 6) is -0.425. The first kappa shape index (κ1) is 15.3. The second-order valence-electron chi connectivity index (χ2n) is 5.79. The van der Waals surface area contributed by atoms with Crippen molar-refractivity contribution in [1.82, 2.24) is 9.80 Å². The van der Waals surface area contributed by atoms with Gasteiger partial charge in [-0.25, -0.2) is 9.59 Å². The predicted octanol–water partition coefficient (Wildman–Crippen LogP) is 1.44. The molecular formula is C16H19N3O4. The van der Waals surface area contributed by atoms with E-state index in [9.17, 15) is 14.4 Å². The zero-order chi connectivity index (χ0) is 16.4. The van der Waals surface area contributed by atoms with E-state index in [4.69, 9.17) is 4.74 Å². The van der Waals surface area contributed by atoms with Gasteiger partial charge in [0, 0.05) is 31.4 Å². The van der Waals surface area contributed by atoms with Crippen molar-refractivity contribution in [2.45, 2.75) is 25.4 Å². The lowest BCUT2D eigenvalue weighted by molar-refractivity contribution is -0.119. The molecule has 0 bridgehead atoms. The molecule has 0 atom stereocenters. The van der Waals surface area contributed by atoms with E-state index in [0.29, 0.717) is 30.9 Å². The first-order valence-corrected chi connectivity index (χ1v) is 7.60.